The third-order valence-electron chi connectivity index (χ3n) is 4.26. The molecule has 142 valence electrons. The molecular formula is C21H18N2O5. The highest BCUT2D eigenvalue weighted by Crippen LogP contribution is 2.32. The molecule has 0 saturated heterocycles. The van der Waals surface area contributed by atoms with Gasteiger partial charge in [-0.25, -0.2) is 0 Å². The molecule has 2 heterocycles. The SMILES string of the molecule is CC1Oc2ccc(NC(=O)c3occc3COc3ccccc3)cc2NC1=O. The number of amides is 2. The number of carbonyl (C=O) groups excluding carboxylic acids is 2. The Balaban J connectivity index is 1.45. The third-order valence-corrected chi connectivity index (χ3v) is 4.26. The van der Waals surface area contributed by atoms with Gasteiger partial charge < -0.3 is 24.5 Å². The van der Waals surface area contributed by atoms with E-state index in [9.17, 15) is 9.59 Å². The standard InChI is InChI=1S/C21H18N2O5/c1-13-20(24)23-17-11-15(7-8-18(17)28-13)22-21(25)19-14(9-10-26-19)12-27-16-5-3-2-4-6-16/h2-11,13H,12H2,1H3,(H,22,25)(H,23,24). The Labute approximate surface area is 161 Å². The van der Waals surface area contributed by atoms with Gasteiger partial charge in [-0.05, 0) is 43.3 Å². The van der Waals surface area contributed by atoms with Crippen LogP contribution >= 0.6 is 0 Å². The maximum atomic E-state index is 12.6. The zero-order valence-corrected chi connectivity index (χ0v) is 15.1. The van der Waals surface area contributed by atoms with Crippen LogP contribution in [0.1, 0.15) is 23.0 Å². The van der Waals surface area contributed by atoms with Crippen molar-refractivity contribution in [3.63, 3.8) is 0 Å². The van der Waals surface area contributed by atoms with Gasteiger partial charge in [-0.2, -0.15) is 0 Å². The summed E-state index contributed by atoms with van der Waals surface area (Å²) in [7, 11) is 0. The maximum Gasteiger partial charge on any atom is 0.291 e. The number of rotatable bonds is 5. The number of nitrogens with one attached hydrogen (secondary N) is 2. The molecule has 0 saturated carbocycles. The predicted molar refractivity (Wildman–Crippen MR) is 103 cm³/mol. The first kappa shape index (κ1) is 17.7. The lowest BCUT2D eigenvalue weighted by Gasteiger charge is -2.23. The minimum Gasteiger partial charge on any atom is -0.489 e. The normalized spacial score (nSPS) is 15.2. The predicted octanol–water partition coefficient (Wildman–Crippen LogP) is 3.83. The fraction of sp³-hybridized carbons (Fsp3) is 0.143. The molecule has 28 heavy (non-hydrogen) atoms. The lowest BCUT2D eigenvalue weighted by atomic mass is 10.2. The molecule has 1 aliphatic heterocycles. The summed E-state index contributed by atoms with van der Waals surface area (Å²) in [5, 5.41) is 5.51. The van der Waals surface area contributed by atoms with Crippen LogP contribution in [-0.4, -0.2) is 17.9 Å². The Morgan fingerprint density at radius 2 is 2.00 bits per heavy atom. The highest BCUT2D eigenvalue weighted by atomic mass is 16.5. The average Bonchev–Trinajstić information content (AvgIpc) is 3.17. The van der Waals surface area contributed by atoms with Gasteiger partial charge in [-0.1, -0.05) is 18.2 Å². The summed E-state index contributed by atoms with van der Waals surface area (Å²) in [6.07, 6.45) is 0.893. The second-order valence-electron chi connectivity index (χ2n) is 6.29. The Bertz CT molecular complexity index is 1010. The number of hydrogen-bond acceptors (Lipinski definition) is 5. The van der Waals surface area contributed by atoms with Crippen molar-refractivity contribution in [2.24, 2.45) is 0 Å². The zero-order valence-electron chi connectivity index (χ0n) is 15.1. The van der Waals surface area contributed by atoms with Crippen LogP contribution in [0.3, 0.4) is 0 Å². The number of para-hydroxylation sites is 1. The van der Waals surface area contributed by atoms with E-state index >= 15 is 0 Å². The first-order valence-corrected chi connectivity index (χ1v) is 8.77. The van der Waals surface area contributed by atoms with Crippen molar-refractivity contribution < 1.29 is 23.5 Å². The minimum absolute atomic E-state index is 0.169. The minimum atomic E-state index is -0.553. The van der Waals surface area contributed by atoms with Gasteiger partial charge in [-0.3, -0.25) is 9.59 Å². The van der Waals surface area contributed by atoms with Crippen LogP contribution < -0.4 is 20.1 Å². The summed E-state index contributed by atoms with van der Waals surface area (Å²) < 4.78 is 16.5. The van der Waals surface area contributed by atoms with Gasteiger partial charge in [0.05, 0.1) is 12.0 Å². The van der Waals surface area contributed by atoms with E-state index in [1.54, 1.807) is 31.2 Å². The van der Waals surface area contributed by atoms with E-state index in [2.05, 4.69) is 10.6 Å². The molecule has 0 fully saturated rings. The van der Waals surface area contributed by atoms with Crippen LogP contribution in [0.5, 0.6) is 11.5 Å². The number of ether oxygens (including phenoxy) is 2. The quantitative estimate of drug-likeness (QED) is 0.704. The van der Waals surface area contributed by atoms with Gasteiger partial charge in [0, 0.05) is 11.3 Å². The number of carbonyl (C=O) groups is 2. The molecule has 1 aromatic heterocycles. The lowest BCUT2D eigenvalue weighted by molar-refractivity contribution is -0.122. The molecule has 1 atom stereocenters. The summed E-state index contributed by atoms with van der Waals surface area (Å²) in [4.78, 5) is 24.4. The van der Waals surface area contributed by atoms with Crippen LogP contribution in [0, 0.1) is 0 Å². The highest BCUT2D eigenvalue weighted by molar-refractivity contribution is 6.04. The smallest absolute Gasteiger partial charge is 0.291 e. The second-order valence-corrected chi connectivity index (χ2v) is 6.29. The van der Waals surface area contributed by atoms with Gasteiger partial charge in [0.2, 0.25) is 0 Å². The number of hydrogen-bond donors (Lipinski definition) is 2. The molecule has 2 aromatic carbocycles. The van der Waals surface area contributed by atoms with E-state index in [0.717, 1.165) is 0 Å². The molecule has 1 unspecified atom stereocenters. The van der Waals surface area contributed by atoms with E-state index in [4.69, 9.17) is 13.9 Å². The molecule has 0 bridgehead atoms. The average molecular weight is 378 g/mol. The van der Waals surface area contributed by atoms with Crippen molar-refractivity contribution in [3.05, 3.63) is 72.2 Å². The molecule has 1 aliphatic rings. The fourth-order valence-corrected chi connectivity index (χ4v) is 2.80. The van der Waals surface area contributed by atoms with E-state index < -0.39 is 12.0 Å². The zero-order chi connectivity index (χ0) is 19.5. The van der Waals surface area contributed by atoms with Crippen molar-refractivity contribution >= 4 is 23.2 Å². The third kappa shape index (κ3) is 3.68. The maximum absolute atomic E-state index is 12.6. The van der Waals surface area contributed by atoms with Crippen LogP contribution in [0.25, 0.3) is 0 Å². The Kier molecular flexibility index (Phi) is 4.72. The molecular weight excluding hydrogens is 360 g/mol. The summed E-state index contributed by atoms with van der Waals surface area (Å²) in [6.45, 7) is 1.87. The largest absolute Gasteiger partial charge is 0.489 e. The first-order chi connectivity index (χ1) is 13.6. The van der Waals surface area contributed by atoms with E-state index in [1.807, 2.05) is 30.3 Å². The van der Waals surface area contributed by atoms with Crippen molar-refractivity contribution in [3.8, 4) is 11.5 Å². The summed E-state index contributed by atoms with van der Waals surface area (Å²) >= 11 is 0. The summed E-state index contributed by atoms with van der Waals surface area (Å²) in [5.74, 6) is 0.785. The Hall–Kier alpha value is -3.74. The monoisotopic (exact) mass is 378 g/mol. The Morgan fingerprint density at radius 1 is 1.18 bits per heavy atom. The summed E-state index contributed by atoms with van der Waals surface area (Å²) in [5.41, 5.74) is 1.64. The van der Waals surface area contributed by atoms with Gasteiger partial charge in [0.1, 0.15) is 18.1 Å². The lowest BCUT2D eigenvalue weighted by Crippen LogP contribution is -2.34. The topological polar surface area (TPSA) is 89.8 Å². The van der Waals surface area contributed by atoms with Crippen LogP contribution in [0.2, 0.25) is 0 Å². The molecule has 3 aromatic rings. The van der Waals surface area contributed by atoms with Crippen molar-refractivity contribution in [1.29, 1.82) is 0 Å². The van der Waals surface area contributed by atoms with Crippen molar-refractivity contribution in [2.45, 2.75) is 19.6 Å². The second kappa shape index (κ2) is 7.48. The van der Waals surface area contributed by atoms with Gasteiger partial charge in [-0.15, -0.1) is 0 Å². The fourth-order valence-electron chi connectivity index (χ4n) is 2.80. The molecule has 0 aliphatic carbocycles. The number of anilines is 2. The van der Waals surface area contributed by atoms with Gasteiger partial charge in [0.25, 0.3) is 11.8 Å². The molecule has 7 nitrogen and oxygen atoms in total. The molecule has 2 N–H and O–H groups in total. The first-order valence-electron chi connectivity index (χ1n) is 8.77. The van der Waals surface area contributed by atoms with Crippen molar-refractivity contribution in [1.82, 2.24) is 0 Å². The Morgan fingerprint density at radius 3 is 2.82 bits per heavy atom. The number of furan rings is 1. The van der Waals surface area contributed by atoms with Crippen LogP contribution in [0.4, 0.5) is 11.4 Å². The number of fused-ring (bicyclic) bond motifs is 1. The molecule has 2 amide bonds. The van der Waals surface area contributed by atoms with Gasteiger partial charge in [0.15, 0.2) is 11.9 Å². The summed E-state index contributed by atoms with van der Waals surface area (Å²) in [6, 6.07) is 16.0. The highest BCUT2D eigenvalue weighted by Gasteiger charge is 2.24. The van der Waals surface area contributed by atoms with E-state index in [-0.39, 0.29) is 18.3 Å². The van der Waals surface area contributed by atoms with Crippen LogP contribution in [-0.2, 0) is 11.4 Å². The molecule has 0 spiro atoms. The van der Waals surface area contributed by atoms with E-state index in [0.29, 0.717) is 28.4 Å². The van der Waals surface area contributed by atoms with E-state index in [1.165, 1.54) is 6.26 Å². The number of benzene rings is 2. The van der Waals surface area contributed by atoms with Crippen molar-refractivity contribution in [2.75, 3.05) is 10.6 Å². The van der Waals surface area contributed by atoms with Gasteiger partial charge >= 0.3 is 0 Å². The van der Waals surface area contributed by atoms with Crippen LogP contribution in [0.15, 0.2) is 65.3 Å². The molecule has 4 rings (SSSR count). The molecule has 0 radical (unpaired) electrons. The molecule has 7 heteroatoms.